The van der Waals surface area contributed by atoms with Gasteiger partial charge < -0.3 is 23.7 Å². The zero-order chi connectivity index (χ0) is 19.0. The molecular weight excluding hydrogens is 348 g/mol. The van der Waals surface area contributed by atoms with Gasteiger partial charge in [0, 0.05) is 26.2 Å². The molecule has 2 aliphatic rings. The third kappa shape index (κ3) is 3.37. The van der Waals surface area contributed by atoms with Gasteiger partial charge in [-0.15, -0.1) is 0 Å². The molecule has 1 saturated heterocycles. The lowest BCUT2D eigenvalue weighted by atomic mass is 10.2. The number of hydrogen-bond acceptors (Lipinski definition) is 5. The van der Waals surface area contributed by atoms with E-state index in [0.717, 1.165) is 5.76 Å². The van der Waals surface area contributed by atoms with Crippen molar-refractivity contribution in [3.63, 3.8) is 0 Å². The van der Waals surface area contributed by atoms with Crippen LogP contribution in [0.15, 0.2) is 34.7 Å². The van der Waals surface area contributed by atoms with Gasteiger partial charge in [-0.05, 0) is 32.0 Å². The van der Waals surface area contributed by atoms with E-state index in [9.17, 15) is 9.59 Å². The maximum Gasteiger partial charge on any atom is 0.267 e. The molecule has 7 heteroatoms. The van der Waals surface area contributed by atoms with E-state index >= 15 is 0 Å². The van der Waals surface area contributed by atoms with Gasteiger partial charge in [-0.2, -0.15) is 0 Å². The van der Waals surface area contributed by atoms with Crippen LogP contribution in [0.25, 0.3) is 0 Å². The molecule has 0 saturated carbocycles. The number of nitrogens with zero attached hydrogens (tertiary/aromatic N) is 2. The minimum Gasteiger partial charge on any atom is -0.485 e. The number of fused-ring (bicyclic) bond motifs is 1. The van der Waals surface area contributed by atoms with Crippen LogP contribution in [0.2, 0.25) is 0 Å². The van der Waals surface area contributed by atoms with Crippen molar-refractivity contribution in [3.8, 4) is 11.5 Å². The second kappa shape index (κ2) is 6.98. The average molecular weight is 370 g/mol. The summed E-state index contributed by atoms with van der Waals surface area (Å²) in [5, 5.41) is 0. The van der Waals surface area contributed by atoms with Gasteiger partial charge in [-0.3, -0.25) is 9.59 Å². The van der Waals surface area contributed by atoms with Crippen LogP contribution in [0.4, 0.5) is 0 Å². The maximum atomic E-state index is 12.8. The average Bonchev–Trinajstić information content (AvgIpc) is 3.04. The van der Waals surface area contributed by atoms with Gasteiger partial charge >= 0.3 is 0 Å². The van der Waals surface area contributed by atoms with E-state index in [-0.39, 0.29) is 18.4 Å². The highest BCUT2D eigenvalue weighted by molar-refractivity contribution is 5.95. The molecule has 1 aromatic carbocycles. The highest BCUT2D eigenvalue weighted by Gasteiger charge is 2.34. The largest absolute Gasteiger partial charge is 0.485 e. The van der Waals surface area contributed by atoms with Gasteiger partial charge in [0.1, 0.15) is 18.1 Å². The zero-order valence-electron chi connectivity index (χ0n) is 15.4. The Morgan fingerprint density at radius 2 is 1.67 bits per heavy atom. The summed E-state index contributed by atoms with van der Waals surface area (Å²) in [5.74, 6) is 2.43. The summed E-state index contributed by atoms with van der Waals surface area (Å²) in [4.78, 5) is 28.9. The van der Waals surface area contributed by atoms with E-state index in [2.05, 4.69) is 0 Å². The number of furan rings is 1. The Bertz CT molecular complexity index is 867. The summed E-state index contributed by atoms with van der Waals surface area (Å²) >= 11 is 0. The molecule has 0 spiro atoms. The van der Waals surface area contributed by atoms with Gasteiger partial charge in [0.15, 0.2) is 11.5 Å². The number of rotatable bonds is 2. The molecule has 1 aromatic heterocycles. The van der Waals surface area contributed by atoms with Crippen molar-refractivity contribution in [1.29, 1.82) is 0 Å². The first kappa shape index (κ1) is 17.5. The number of hydrogen-bond donors (Lipinski definition) is 0. The molecule has 2 amide bonds. The summed E-state index contributed by atoms with van der Waals surface area (Å²) in [6.45, 7) is 5.73. The number of amides is 2. The van der Waals surface area contributed by atoms with Crippen LogP contribution in [0, 0.1) is 13.8 Å². The van der Waals surface area contributed by atoms with Crippen molar-refractivity contribution < 1.29 is 23.5 Å². The molecule has 2 aliphatic heterocycles. The summed E-state index contributed by atoms with van der Waals surface area (Å²) < 4.78 is 16.9. The summed E-state index contributed by atoms with van der Waals surface area (Å²) in [6, 6.07) is 9.09. The first-order valence-electron chi connectivity index (χ1n) is 9.06. The molecule has 3 heterocycles. The Hall–Kier alpha value is -2.96. The maximum absolute atomic E-state index is 12.8. The molecule has 0 aliphatic carbocycles. The number of carbonyl (C=O) groups excluding carboxylic acids is 2. The van der Waals surface area contributed by atoms with Crippen molar-refractivity contribution in [3.05, 3.63) is 47.4 Å². The van der Waals surface area contributed by atoms with Crippen LogP contribution < -0.4 is 9.47 Å². The molecule has 142 valence electrons. The quantitative estimate of drug-likeness (QED) is 0.809. The van der Waals surface area contributed by atoms with Crippen LogP contribution in [0.1, 0.15) is 21.9 Å². The summed E-state index contributed by atoms with van der Waals surface area (Å²) in [7, 11) is 0. The minimum atomic E-state index is -0.652. The van der Waals surface area contributed by atoms with Gasteiger partial charge in [0.2, 0.25) is 6.10 Å². The van der Waals surface area contributed by atoms with Gasteiger partial charge in [0.05, 0.1) is 5.56 Å². The van der Waals surface area contributed by atoms with E-state index in [1.165, 1.54) is 0 Å². The predicted octanol–water partition coefficient (Wildman–Crippen LogP) is 2.02. The second-order valence-corrected chi connectivity index (χ2v) is 6.81. The molecule has 0 N–H and O–H groups in total. The second-order valence-electron chi connectivity index (χ2n) is 6.81. The molecular formula is C20H22N2O5. The monoisotopic (exact) mass is 370 g/mol. The van der Waals surface area contributed by atoms with E-state index in [1.807, 2.05) is 25.1 Å². The van der Waals surface area contributed by atoms with E-state index in [0.29, 0.717) is 49.0 Å². The minimum absolute atomic E-state index is 0.0531. The number of aryl methyl sites for hydroxylation is 2. The van der Waals surface area contributed by atoms with Crippen LogP contribution in [-0.4, -0.2) is 60.5 Å². The lowest BCUT2D eigenvalue weighted by Crippen LogP contribution is -2.55. The first-order valence-corrected chi connectivity index (χ1v) is 9.06. The Kier molecular flexibility index (Phi) is 4.51. The predicted molar refractivity (Wildman–Crippen MR) is 97.0 cm³/mol. The van der Waals surface area contributed by atoms with E-state index in [4.69, 9.17) is 13.9 Å². The molecule has 2 aromatic rings. The van der Waals surface area contributed by atoms with Crippen molar-refractivity contribution in [2.45, 2.75) is 20.0 Å². The fourth-order valence-corrected chi connectivity index (χ4v) is 3.49. The molecule has 1 fully saturated rings. The third-order valence-corrected chi connectivity index (χ3v) is 4.93. The molecule has 4 rings (SSSR count). The van der Waals surface area contributed by atoms with Crippen LogP contribution in [0.5, 0.6) is 11.5 Å². The number of carbonyl (C=O) groups is 2. The van der Waals surface area contributed by atoms with Crippen molar-refractivity contribution in [2.24, 2.45) is 0 Å². The Morgan fingerprint density at radius 1 is 1.00 bits per heavy atom. The first-order chi connectivity index (χ1) is 13.0. The van der Waals surface area contributed by atoms with Crippen LogP contribution in [-0.2, 0) is 4.79 Å². The Labute approximate surface area is 157 Å². The number of benzene rings is 1. The SMILES string of the molecule is Cc1cc(C(=O)N2CCN(C(=O)[C@H]3COc4ccccc4O3)CC2)c(C)o1. The standard InChI is InChI=1S/C20H22N2O5/c1-13-11-15(14(2)26-13)19(23)21-7-9-22(10-8-21)20(24)18-12-25-16-5-3-4-6-17(16)27-18/h3-6,11,18H,7-10,12H2,1-2H3/t18-/m1/s1. The highest BCUT2D eigenvalue weighted by atomic mass is 16.6. The molecule has 1 atom stereocenters. The Balaban J connectivity index is 1.36. The third-order valence-electron chi connectivity index (χ3n) is 4.93. The van der Waals surface area contributed by atoms with E-state index < -0.39 is 6.10 Å². The molecule has 27 heavy (non-hydrogen) atoms. The van der Waals surface area contributed by atoms with E-state index in [1.54, 1.807) is 28.9 Å². The lowest BCUT2D eigenvalue weighted by Gasteiger charge is -2.37. The fraction of sp³-hybridized carbons (Fsp3) is 0.400. The van der Waals surface area contributed by atoms with Crippen LogP contribution >= 0.6 is 0 Å². The molecule has 0 unspecified atom stereocenters. The normalized spacial score (nSPS) is 19.1. The Morgan fingerprint density at radius 3 is 2.33 bits per heavy atom. The lowest BCUT2D eigenvalue weighted by molar-refractivity contribution is -0.142. The fourth-order valence-electron chi connectivity index (χ4n) is 3.49. The molecule has 0 radical (unpaired) electrons. The van der Waals surface area contributed by atoms with Gasteiger partial charge in [-0.25, -0.2) is 0 Å². The molecule has 7 nitrogen and oxygen atoms in total. The van der Waals surface area contributed by atoms with Gasteiger partial charge in [0.25, 0.3) is 11.8 Å². The highest BCUT2D eigenvalue weighted by Crippen LogP contribution is 2.31. The zero-order valence-corrected chi connectivity index (χ0v) is 15.4. The summed E-state index contributed by atoms with van der Waals surface area (Å²) in [6.07, 6.45) is -0.652. The smallest absolute Gasteiger partial charge is 0.267 e. The van der Waals surface area contributed by atoms with Crippen LogP contribution in [0.3, 0.4) is 0 Å². The van der Waals surface area contributed by atoms with Crippen molar-refractivity contribution in [2.75, 3.05) is 32.8 Å². The van der Waals surface area contributed by atoms with Gasteiger partial charge in [-0.1, -0.05) is 12.1 Å². The summed E-state index contributed by atoms with van der Waals surface area (Å²) in [5.41, 5.74) is 0.591. The number of para-hydroxylation sites is 2. The topological polar surface area (TPSA) is 72.2 Å². The van der Waals surface area contributed by atoms with Crippen molar-refractivity contribution in [1.82, 2.24) is 9.80 Å². The van der Waals surface area contributed by atoms with Crippen molar-refractivity contribution >= 4 is 11.8 Å². The number of ether oxygens (including phenoxy) is 2. The number of piperazine rings is 1. The molecule has 0 bridgehead atoms.